The van der Waals surface area contributed by atoms with Crippen molar-refractivity contribution in [2.24, 2.45) is 17.8 Å². The SMILES string of the molecule is CCCCCCCCCCCCCCCCCCC(=O)O[C@H](COC(=O)CCCCCCCCCCCC(C)C)COP(=O)(O)OC[C@H](O)COP(=O)(O)OC[C@@H](COC(=O)CCCCCCCCCCCCCCCCCCC(C)C)OC(=O)CCCCCCCCCCCCCCCCCCCCC(C)CC. The van der Waals surface area contributed by atoms with E-state index >= 15 is 0 Å². The van der Waals surface area contributed by atoms with E-state index in [9.17, 15) is 43.2 Å². The lowest BCUT2D eigenvalue weighted by Gasteiger charge is -2.21. The molecule has 0 aromatic rings. The van der Waals surface area contributed by atoms with E-state index < -0.39 is 97.5 Å². The van der Waals surface area contributed by atoms with E-state index in [0.717, 1.165) is 108 Å². The van der Waals surface area contributed by atoms with Crippen LogP contribution in [-0.2, 0) is 65.4 Å². The van der Waals surface area contributed by atoms with Crippen LogP contribution in [0.25, 0.3) is 0 Å². The lowest BCUT2D eigenvalue weighted by molar-refractivity contribution is -0.161. The third-order valence-electron chi connectivity index (χ3n) is 21.5. The number of carbonyl (C=O) groups is 4. The van der Waals surface area contributed by atoms with Crippen LogP contribution in [0.2, 0.25) is 0 Å². The number of unbranched alkanes of at least 4 members (excludes halogenated alkanes) is 55. The Hall–Kier alpha value is -1.94. The van der Waals surface area contributed by atoms with Crippen molar-refractivity contribution < 1.29 is 80.2 Å². The second kappa shape index (κ2) is 79.9. The molecule has 0 spiro atoms. The number of ether oxygens (including phenoxy) is 4. The van der Waals surface area contributed by atoms with Gasteiger partial charge in [0.05, 0.1) is 26.4 Å². The maximum atomic E-state index is 13.2. The molecule has 0 aliphatic rings. The van der Waals surface area contributed by atoms with E-state index in [4.69, 9.17) is 37.0 Å². The highest BCUT2D eigenvalue weighted by Crippen LogP contribution is 2.45. The number of esters is 4. The van der Waals surface area contributed by atoms with Crippen molar-refractivity contribution in [1.82, 2.24) is 0 Å². The molecule has 6 atom stereocenters. The second-order valence-electron chi connectivity index (χ2n) is 33.5. The molecule has 19 heteroatoms. The van der Waals surface area contributed by atoms with Gasteiger partial charge in [-0.05, 0) is 43.4 Å². The van der Waals surface area contributed by atoms with Crippen LogP contribution in [0.5, 0.6) is 0 Å². The van der Waals surface area contributed by atoms with E-state index in [0.29, 0.717) is 25.7 Å². The molecule has 0 aliphatic heterocycles. The summed E-state index contributed by atoms with van der Waals surface area (Å²) in [5.74, 6) is 0.329. The standard InChI is InChI=1S/C90H176O17P2/c1-8-10-11-12-13-14-15-16-17-26-32-37-44-52-59-66-73-90(95)107-86(78-101-88(93)72-65-58-51-46-39-41-48-55-62-69-82(5)6)80-105-109(98,99)103-76-84(91)75-102-108(96,97)104-79-85(77-100-87(92)71-64-57-50-43-36-31-27-23-22-24-29-34-40-47-54-61-68-81(3)4)106-89(94)74-67-60-53-45-38-33-28-21-19-18-20-25-30-35-42-49-56-63-70-83(7)9-2/h81-86,91H,8-80H2,1-7H3,(H,96,97)(H,98,99)/t83?,84-,85-,86-/m1/s1. The minimum absolute atomic E-state index is 0.108. The molecule has 0 saturated carbocycles. The van der Waals surface area contributed by atoms with Crippen molar-refractivity contribution in [2.45, 2.75) is 497 Å². The van der Waals surface area contributed by atoms with Crippen molar-refractivity contribution in [3.63, 3.8) is 0 Å². The first kappa shape index (κ1) is 107. The zero-order valence-corrected chi connectivity index (χ0v) is 73.8. The molecule has 0 heterocycles. The van der Waals surface area contributed by atoms with Gasteiger partial charge in [-0.25, -0.2) is 9.13 Å². The highest BCUT2D eigenvalue weighted by atomic mass is 31.2. The van der Waals surface area contributed by atoms with Crippen LogP contribution in [-0.4, -0.2) is 96.7 Å². The molecule has 3 N–H and O–H groups in total. The lowest BCUT2D eigenvalue weighted by Crippen LogP contribution is -2.30. The molecule has 0 rings (SSSR count). The van der Waals surface area contributed by atoms with Gasteiger partial charge in [0.2, 0.25) is 0 Å². The minimum atomic E-state index is -4.97. The largest absolute Gasteiger partial charge is 0.472 e. The van der Waals surface area contributed by atoms with Gasteiger partial charge < -0.3 is 33.8 Å². The summed E-state index contributed by atoms with van der Waals surface area (Å²) in [7, 11) is -9.94. The van der Waals surface area contributed by atoms with E-state index in [1.54, 1.807) is 0 Å². The maximum Gasteiger partial charge on any atom is 0.472 e. The third kappa shape index (κ3) is 82.4. The Bertz CT molecular complexity index is 2100. The first-order valence-corrected chi connectivity index (χ1v) is 49.4. The molecular weight excluding hydrogens is 1410 g/mol. The molecule has 3 unspecified atom stereocenters. The fourth-order valence-electron chi connectivity index (χ4n) is 14.0. The minimum Gasteiger partial charge on any atom is -0.462 e. The molecule has 0 aromatic carbocycles. The number of phosphoric acid groups is 2. The van der Waals surface area contributed by atoms with Crippen molar-refractivity contribution in [2.75, 3.05) is 39.6 Å². The number of phosphoric ester groups is 2. The summed E-state index contributed by atoms with van der Waals surface area (Å²) < 4.78 is 69.0. The quantitative estimate of drug-likeness (QED) is 0.0222. The Balaban J connectivity index is 5.25. The van der Waals surface area contributed by atoms with Gasteiger partial charge in [-0.15, -0.1) is 0 Å². The van der Waals surface area contributed by atoms with Gasteiger partial charge in [-0.1, -0.05) is 427 Å². The molecule has 0 bridgehead atoms. The average Bonchev–Trinajstić information content (AvgIpc) is 0.898. The van der Waals surface area contributed by atoms with Gasteiger partial charge in [0.25, 0.3) is 0 Å². The smallest absolute Gasteiger partial charge is 0.462 e. The topological polar surface area (TPSA) is 237 Å². The van der Waals surface area contributed by atoms with E-state index in [-0.39, 0.29) is 25.7 Å². The number of hydrogen-bond acceptors (Lipinski definition) is 15. The average molecular weight is 1590 g/mol. The van der Waals surface area contributed by atoms with Crippen LogP contribution in [0.15, 0.2) is 0 Å². The van der Waals surface area contributed by atoms with Crippen molar-refractivity contribution in [3.8, 4) is 0 Å². The summed E-state index contributed by atoms with van der Waals surface area (Å²) >= 11 is 0. The van der Waals surface area contributed by atoms with Crippen molar-refractivity contribution >= 4 is 39.5 Å². The number of rotatable bonds is 88. The fourth-order valence-corrected chi connectivity index (χ4v) is 15.6. The summed E-state index contributed by atoms with van der Waals surface area (Å²) in [6.45, 7) is 12.1. The Morgan fingerprint density at radius 2 is 0.468 bits per heavy atom. The van der Waals surface area contributed by atoms with Gasteiger partial charge in [0.15, 0.2) is 12.2 Å². The Morgan fingerprint density at radius 1 is 0.266 bits per heavy atom. The van der Waals surface area contributed by atoms with Gasteiger partial charge >= 0.3 is 39.5 Å². The number of hydrogen-bond donors (Lipinski definition) is 3. The maximum absolute atomic E-state index is 13.2. The van der Waals surface area contributed by atoms with E-state index in [2.05, 4.69) is 48.5 Å². The first-order valence-electron chi connectivity index (χ1n) is 46.4. The van der Waals surface area contributed by atoms with Crippen LogP contribution in [0.3, 0.4) is 0 Å². The van der Waals surface area contributed by atoms with Gasteiger partial charge in [-0.3, -0.25) is 37.3 Å². The van der Waals surface area contributed by atoms with Crippen LogP contribution in [0, 0.1) is 17.8 Å². The van der Waals surface area contributed by atoms with Gasteiger partial charge in [-0.2, -0.15) is 0 Å². The Kier molecular flexibility index (Phi) is 78.5. The molecule has 0 aromatic heterocycles. The summed E-state index contributed by atoms with van der Waals surface area (Å²) in [6, 6.07) is 0. The lowest BCUT2D eigenvalue weighted by atomic mass is 9.99. The molecule has 109 heavy (non-hydrogen) atoms. The van der Waals surface area contributed by atoms with Gasteiger partial charge in [0.1, 0.15) is 19.3 Å². The number of aliphatic hydroxyl groups is 1. The summed E-state index contributed by atoms with van der Waals surface area (Å²) in [4.78, 5) is 73.4. The van der Waals surface area contributed by atoms with Crippen LogP contribution in [0.1, 0.15) is 479 Å². The summed E-state index contributed by atoms with van der Waals surface area (Å²) in [5.41, 5.74) is 0. The highest BCUT2D eigenvalue weighted by Gasteiger charge is 2.31. The van der Waals surface area contributed by atoms with Crippen LogP contribution in [0.4, 0.5) is 0 Å². The monoisotopic (exact) mass is 1590 g/mol. The Morgan fingerprint density at radius 3 is 0.697 bits per heavy atom. The van der Waals surface area contributed by atoms with Crippen LogP contribution < -0.4 is 0 Å². The summed E-state index contributed by atoms with van der Waals surface area (Å²) in [5, 5.41) is 10.7. The first-order chi connectivity index (χ1) is 52.8. The van der Waals surface area contributed by atoms with Crippen molar-refractivity contribution in [1.29, 1.82) is 0 Å². The van der Waals surface area contributed by atoms with Crippen LogP contribution >= 0.6 is 15.6 Å². The highest BCUT2D eigenvalue weighted by molar-refractivity contribution is 7.47. The number of carbonyl (C=O) groups excluding carboxylic acids is 4. The molecular formula is C90H176O17P2. The molecule has 0 saturated heterocycles. The fraction of sp³-hybridized carbons (Fsp3) is 0.956. The molecule has 648 valence electrons. The third-order valence-corrected chi connectivity index (χ3v) is 23.4. The summed E-state index contributed by atoms with van der Waals surface area (Å²) in [6.07, 6.45) is 72.2. The zero-order valence-electron chi connectivity index (χ0n) is 72.0. The van der Waals surface area contributed by atoms with Gasteiger partial charge in [0, 0.05) is 25.7 Å². The molecule has 0 amide bonds. The predicted octanol–water partition coefficient (Wildman–Crippen LogP) is 27.6. The Labute approximate surface area is 670 Å². The number of aliphatic hydroxyl groups excluding tert-OH is 1. The molecule has 17 nitrogen and oxygen atoms in total. The van der Waals surface area contributed by atoms with E-state index in [1.807, 2.05) is 0 Å². The predicted molar refractivity (Wildman–Crippen MR) is 451 cm³/mol. The molecule has 0 fully saturated rings. The van der Waals surface area contributed by atoms with E-state index in [1.165, 1.54) is 289 Å². The van der Waals surface area contributed by atoms with Crippen molar-refractivity contribution in [3.05, 3.63) is 0 Å². The molecule has 0 aliphatic carbocycles. The second-order valence-corrected chi connectivity index (χ2v) is 36.4. The normalized spacial score (nSPS) is 14.1. The molecule has 0 radical (unpaired) electrons. The zero-order chi connectivity index (χ0) is 80.0.